The van der Waals surface area contributed by atoms with Gasteiger partial charge in [-0.05, 0) is 6.92 Å². The molecule has 6 heteroatoms. The molecule has 0 rings (SSSR count). The van der Waals surface area contributed by atoms with Crippen LogP contribution in [0.25, 0.3) is 0 Å². The molecule has 0 aromatic heterocycles. The molecular weight excluding hydrogens is 177 g/mol. The van der Waals surface area contributed by atoms with Crippen molar-refractivity contribution in [2.45, 2.75) is 13.3 Å². The van der Waals surface area contributed by atoms with Gasteiger partial charge in [-0.3, -0.25) is 14.9 Å². The molecule has 0 saturated heterocycles. The first-order chi connectivity index (χ1) is 4.66. The van der Waals surface area contributed by atoms with Gasteiger partial charge in [0.05, 0.1) is 6.61 Å². The predicted molar refractivity (Wildman–Crippen MR) is 38.9 cm³/mol. The summed E-state index contributed by atoms with van der Waals surface area (Å²) in [6, 6.07) is 0. The van der Waals surface area contributed by atoms with Crippen molar-refractivity contribution < 1.29 is 14.5 Å². The molecule has 0 spiro atoms. The number of nitrogens with zero attached hydrogens (tertiary/aromatic N) is 1. The average Bonchev–Trinajstić information content (AvgIpc) is 1.85. The molecule has 59 valence electrons. The average molecular weight is 186 g/mol. The van der Waals surface area contributed by atoms with E-state index in [4.69, 9.17) is 0 Å². The molecule has 0 aromatic carbocycles. The van der Waals surface area contributed by atoms with Gasteiger partial charge in [0.15, 0.2) is 0 Å². The fourth-order valence-electron chi connectivity index (χ4n) is 0.416. The Morgan fingerprint density at radius 1 is 1.64 bits per heavy atom. The van der Waals surface area contributed by atoms with Crippen molar-refractivity contribution in [1.29, 1.82) is 0 Å². The molecular formula is C5H9KNO4. The van der Waals surface area contributed by atoms with Gasteiger partial charge in [0.2, 0.25) is 6.54 Å². The zero-order valence-electron chi connectivity index (χ0n) is 6.70. The molecule has 0 N–H and O–H groups in total. The molecule has 0 bridgehead atoms. The number of rotatable bonds is 4. The molecule has 0 atom stereocenters. The van der Waals surface area contributed by atoms with Crippen LogP contribution in [-0.2, 0) is 9.53 Å². The smallest absolute Gasteiger partial charge is 0.312 e. The van der Waals surface area contributed by atoms with Crippen molar-refractivity contribution in [2.75, 3.05) is 13.2 Å². The maximum absolute atomic E-state index is 10.4. The van der Waals surface area contributed by atoms with Gasteiger partial charge in [-0.1, -0.05) is 0 Å². The van der Waals surface area contributed by atoms with Gasteiger partial charge in [-0.15, -0.1) is 0 Å². The number of ether oxygens (including phenoxy) is 1. The summed E-state index contributed by atoms with van der Waals surface area (Å²) in [4.78, 5) is 19.6. The Bertz CT molecular complexity index is 138. The maximum atomic E-state index is 10.4. The van der Waals surface area contributed by atoms with Crippen LogP contribution in [0.3, 0.4) is 0 Å². The minimum Gasteiger partial charge on any atom is -0.466 e. The molecule has 11 heavy (non-hydrogen) atoms. The summed E-state index contributed by atoms with van der Waals surface area (Å²) < 4.78 is 4.45. The molecule has 0 aliphatic carbocycles. The van der Waals surface area contributed by atoms with E-state index in [0.29, 0.717) is 0 Å². The minimum atomic E-state index is -0.545. The van der Waals surface area contributed by atoms with Gasteiger partial charge >= 0.3 is 5.97 Å². The zero-order chi connectivity index (χ0) is 7.98. The van der Waals surface area contributed by atoms with E-state index < -0.39 is 10.9 Å². The van der Waals surface area contributed by atoms with E-state index in [-0.39, 0.29) is 71.0 Å². The minimum absolute atomic E-state index is 0. The molecule has 0 amide bonds. The number of carbonyl (C=O) groups excluding carboxylic acids is 1. The van der Waals surface area contributed by atoms with Crippen LogP contribution < -0.4 is 0 Å². The second-order valence-electron chi connectivity index (χ2n) is 1.61. The Kier molecular flexibility index (Phi) is 11.0. The third-order valence-corrected chi connectivity index (χ3v) is 0.804. The summed E-state index contributed by atoms with van der Waals surface area (Å²) in [7, 11) is 0. The Labute approximate surface area is 107 Å². The number of hydrogen-bond acceptors (Lipinski definition) is 4. The quantitative estimate of drug-likeness (QED) is 0.265. The van der Waals surface area contributed by atoms with Crippen LogP contribution in [0.4, 0.5) is 0 Å². The van der Waals surface area contributed by atoms with Gasteiger partial charge in [-0.25, -0.2) is 0 Å². The van der Waals surface area contributed by atoms with Crippen molar-refractivity contribution in [3.05, 3.63) is 10.1 Å². The van der Waals surface area contributed by atoms with E-state index in [9.17, 15) is 14.9 Å². The van der Waals surface area contributed by atoms with Gasteiger partial charge < -0.3 is 4.74 Å². The van der Waals surface area contributed by atoms with E-state index in [1.807, 2.05) is 0 Å². The number of esters is 1. The van der Waals surface area contributed by atoms with Gasteiger partial charge in [0.1, 0.15) is 6.42 Å². The number of hydrogen-bond donors (Lipinski definition) is 0. The van der Waals surface area contributed by atoms with Crippen molar-refractivity contribution in [2.24, 2.45) is 0 Å². The summed E-state index contributed by atoms with van der Waals surface area (Å²) in [6.07, 6.45) is -0.138. The topological polar surface area (TPSA) is 69.4 Å². The first kappa shape index (κ1) is 14.1. The fraction of sp³-hybridized carbons (Fsp3) is 0.800. The van der Waals surface area contributed by atoms with E-state index in [2.05, 4.69) is 4.74 Å². The molecule has 0 aromatic rings. The van der Waals surface area contributed by atoms with Crippen LogP contribution in [0.15, 0.2) is 0 Å². The molecule has 0 unspecified atom stereocenters. The van der Waals surface area contributed by atoms with Crippen LogP contribution in [0.1, 0.15) is 13.3 Å². The second-order valence-corrected chi connectivity index (χ2v) is 1.61. The summed E-state index contributed by atoms with van der Waals surface area (Å²) >= 11 is 0. The predicted octanol–water partition coefficient (Wildman–Crippen LogP) is -0.165. The molecule has 1 radical (unpaired) electrons. The van der Waals surface area contributed by atoms with Crippen LogP contribution in [0, 0.1) is 10.1 Å². The van der Waals surface area contributed by atoms with Gasteiger partial charge in [0, 0.05) is 56.3 Å². The first-order valence-electron chi connectivity index (χ1n) is 2.94. The number of nitro groups is 1. The maximum Gasteiger partial charge on any atom is 0.312 e. The molecule has 0 fully saturated rings. The molecule has 0 aliphatic rings. The third-order valence-electron chi connectivity index (χ3n) is 0.804. The van der Waals surface area contributed by atoms with Crippen molar-refractivity contribution in [3.8, 4) is 0 Å². The van der Waals surface area contributed by atoms with E-state index in [1.165, 1.54) is 0 Å². The fourth-order valence-corrected chi connectivity index (χ4v) is 0.416. The standard InChI is InChI=1S/C5H9NO4.K/c1-2-10-5(7)3-4-6(8)9;/h2-4H2,1H3;. The van der Waals surface area contributed by atoms with Crippen LogP contribution in [0.5, 0.6) is 0 Å². The van der Waals surface area contributed by atoms with Crippen molar-refractivity contribution >= 4 is 57.4 Å². The van der Waals surface area contributed by atoms with Crippen LogP contribution in [-0.4, -0.2) is 75.4 Å². The van der Waals surface area contributed by atoms with Crippen molar-refractivity contribution in [1.82, 2.24) is 0 Å². The molecule has 5 nitrogen and oxygen atoms in total. The van der Waals surface area contributed by atoms with Crippen molar-refractivity contribution in [3.63, 3.8) is 0 Å². The largest absolute Gasteiger partial charge is 0.466 e. The summed E-state index contributed by atoms with van der Waals surface area (Å²) in [5.41, 5.74) is 0. The Morgan fingerprint density at radius 2 is 2.18 bits per heavy atom. The van der Waals surface area contributed by atoms with E-state index >= 15 is 0 Å². The second kappa shape index (κ2) is 8.60. The van der Waals surface area contributed by atoms with Crippen LogP contribution in [0.2, 0.25) is 0 Å². The Hall–Kier alpha value is 0.506. The summed E-state index contributed by atoms with van der Waals surface area (Å²) in [5, 5.41) is 9.71. The molecule has 0 heterocycles. The Balaban J connectivity index is 0. The molecule has 0 aliphatic heterocycles. The zero-order valence-corrected chi connectivity index (χ0v) is 9.82. The van der Waals surface area contributed by atoms with Gasteiger partial charge in [-0.2, -0.15) is 0 Å². The van der Waals surface area contributed by atoms with E-state index in [1.54, 1.807) is 6.92 Å². The SMILES string of the molecule is CCOC(=O)CC[N+](=O)[O-].[K]. The van der Waals surface area contributed by atoms with Crippen LogP contribution >= 0.6 is 0 Å². The summed E-state index contributed by atoms with van der Waals surface area (Å²) in [5.74, 6) is -0.515. The monoisotopic (exact) mass is 186 g/mol. The Morgan fingerprint density at radius 3 is 2.55 bits per heavy atom. The first-order valence-corrected chi connectivity index (χ1v) is 2.94. The van der Waals surface area contributed by atoms with Gasteiger partial charge in [0.25, 0.3) is 0 Å². The van der Waals surface area contributed by atoms with E-state index in [0.717, 1.165) is 0 Å². The normalized spacial score (nSPS) is 8.09. The molecule has 0 saturated carbocycles. The third kappa shape index (κ3) is 10.5. The summed E-state index contributed by atoms with van der Waals surface area (Å²) in [6.45, 7) is 1.58. The number of carbonyl (C=O) groups is 1.